The van der Waals surface area contributed by atoms with E-state index in [0.29, 0.717) is 21.6 Å². The summed E-state index contributed by atoms with van der Waals surface area (Å²) in [7, 11) is 0. The van der Waals surface area contributed by atoms with Gasteiger partial charge in [0.05, 0.1) is 16.3 Å². The average molecular weight is 294 g/mol. The standard InChI is InChI=1S/C13H12ClN3OS/c1-7-4-10(14)9(5-15-7)12(18)17-13-16-11(6-19-13)8-2-3-8/h4-6,8H,2-3H2,1H3,(H,16,17,18). The summed E-state index contributed by atoms with van der Waals surface area (Å²) in [6.45, 7) is 1.83. The fourth-order valence-corrected chi connectivity index (χ4v) is 2.85. The summed E-state index contributed by atoms with van der Waals surface area (Å²) in [5, 5.41) is 5.79. The molecule has 4 nitrogen and oxygen atoms in total. The van der Waals surface area contributed by atoms with Crippen LogP contribution in [-0.2, 0) is 0 Å². The van der Waals surface area contributed by atoms with Gasteiger partial charge in [0.2, 0.25) is 0 Å². The summed E-state index contributed by atoms with van der Waals surface area (Å²) in [6.07, 6.45) is 3.89. The zero-order chi connectivity index (χ0) is 13.4. The van der Waals surface area contributed by atoms with Gasteiger partial charge in [-0.15, -0.1) is 11.3 Å². The molecule has 0 radical (unpaired) electrons. The molecule has 3 rings (SSSR count). The van der Waals surface area contributed by atoms with Gasteiger partial charge in [0.15, 0.2) is 5.13 Å². The lowest BCUT2D eigenvalue weighted by Gasteiger charge is -2.04. The van der Waals surface area contributed by atoms with Gasteiger partial charge in [0.1, 0.15) is 0 Å². The molecule has 0 unspecified atom stereocenters. The van der Waals surface area contributed by atoms with Crippen LogP contribution in [0.25, 0.3) is 0 Å². The predicted octanol–water partition coefficient (Wildman–Crippen LogP) is 3.63. The van der Waals surface area contributed by atoms with E-state index in [4.69, 9.17) is 11.6 Å². The van der Waals surface area contributed by atoms with Crippen LogP contribution in [0, 0.1) is 6.92 Å². The highest BCUT2D eigenvalue weighted by atomic mass is 35.5. The molecule has 0 aromatic carbocycles. The van der Waals surface area contributed by atoms with E-state index in [0.717, 1.165) is 11.4 Å². The van der Waals surface area contributed by atoms with E-state index in [1.807, 2.05) is 12.3 Å². The lowest BCUT2D eigenvalue weighted by Crippen LogP contribution is -2.13. The highest BCUT2D eigenvalue weighted by Gasteiger charge is 2.26. The summed E-state index contributed by atoms with van der Waals surface area (Å²) in [5.41, 5.74) is 2.23. The summed E-state index contributed by atoms with van der Waals surface area (Å²) in [5.74, 6) is 0.320. The maximum absolute atomic E-state index is 12.1. The van der Waals surface area contributed by atoms with Crippen molar-refractivity contribution >= 4 is 34.0 Å². The Bertz CT molecular complexity index is 637. The smallest absolute Gasteiger partial charge is 0.260 e. The number of aryl methyl sites for hydroxylation is 1. The van der Waals surface area contributed by atoms with Crippen molar-refractivity contribution in [2.24, 2.45) is 0 Å². The van der Waals surface area contributed by atoms with Gasteiger partial charge in [-0.05, 0) is 25.8 Å². The molecule has 19 heavy (non-hydrogen) atoms. The number of rotatable bonds is 3. The quantitative estimate of drug-likeness (QED) is 0.940. The Balaban J connectivity index is 1.76. The Morgan fingerprint density at radius 3 is 3.00 bits per heavy atom. The Hall–Kier alpha value is -1.46. The van der Waals surface area contributed by atoms with Crippen LogP contribution in [0.1, 0.15) is 40.5 Å². The average Bonchev–Trinajstić information content (AvgIpc) is 3.10. The van der Waals surface area contributed by atoms with E-state index in [1.165, 1.54) is 30.4 Å². The molecule has 1 aliphatic carbocycles. The molecule has 6 heteroatoms. The second-order valence-electron chi connectivity index (χ2n) is 4.61. The molecule has 2 aromatic heterocycles. The van der Waals surface area contributed by atoms with Gasteiger partial charge < -0.3 is 0 Å². The van der Waals surface area contributed by atoms with Gasteiger partial charge in [-0.1, -0.05) is 11.6 Å². The first-order chi connectivity index (χ1) is 9.13. The van der Waals surface area contributed by atoms with Crippen molar-refractivity contribution in [3.8, 4) is 0 Å². The van der Waals surface area contributed by atoms with Crippen LogP contribution in [0.2, 0.25) is 5.02 Å². The minimum absolute atomic E-state index is 0.269. The highest BCUT2D eigenvalue weighted by molar-refractivity contribution is 7.14. The van der Waals surface area contributed by atoms with Crippen molar-refractivity contribution in [3.63, 3.8) is 0 Å². The Labute approximate surface area is 119 Å². The first kappa shape index (κ1) is 12.6. The van der Waals surface area contributed by atoms with Crippen LogP contribution in [0.3, 0.4) is 0 Å². The minimum Gasteiger partial charge on any atom is -0.298 e. The Morgan fingerprint density at radius 1 is 1.53 bits per heavy atom. The number of amides is 1. The molecule has 1 fully saturated rings. The number of nitrogens with one attached hydrogen (secondary N) is 1. The summed E-state index contributed by atoms with van der Waals surface area (Å²) < 4.78 is 0. The number of pyridine rings is 1. The predicted molar refractivity (Wildman–Crippen MR) is 76.0 cm³/mol. The van der Waals surface area contributed by atoms with Crippen LogP contribution in [0.4, 0.5) is 5.13 Å². The van der Waals surface area contributed by atoms with E-state index in [9.17, 15) is 4.79 Å². The van der Waals surface area contributed by atoms with Crippen molar-refractivity contribution in [2.75, 3.05) is 5.32 Å². The number of hydrogen-bond donors (Lipinski definition) is 1. The number of nitrogens with zero attached hydrogens (tertiary/aromatic N) is 2. The van der Waals surface area contributed by atoms with E-state index < -0.39 is 0 Å². The van der Waals surface area contributed by atoms with Gasteiger partial charge in [-0.25, -0.2) is 4.98 Å². The fraction of sp³-hybridized carbons (Fsp3) is 0.308. The number of hydrogen-bond acceptors (Lipinski definition) is 4. The van der Waals surface area contributed by atoms with Crippen molar-refractivity contribution in [1.82, 2.24) is 9.97 Å². The lowest BCUT2D eigenvalue weighted by atomic mass is 10.2. The van der Waals surface area contributed by atoms with Crippen molar-refractivity contribution < 1.29 is 4.79 Å². The Kier molecular flexibility index (Phi) is 3.24. The molecule has 1 aliphatic rings. The molecule has 98 valence electrons. The normalized spacial score (nSPS) is 14.4. The van der Waals surface area contributed by atoms with Crippen LogP contribution in [0.15, 0.2) is 17.6 Å². The molecule has 0 aliphatic heterocycles. The van der Waals surface area contributed by atoms with Gasteiger partial charge >= 0.3 is 0 Å². The maximum atomic E-state index is 12.1. The molecular weight excluding hydrogens is 282 g/mol. The molecule has 2 heterocycles. The third-order valence-corrected chi connectivity index (χ3v) is 4.06. The zero-order valence-electron chi connectivity index (χ0n) is 10.3. The molecule has 1 saturated carbocycles. The van der Waals surface area contributed by atoms with Gasteiger partial charge in [-0.2, -0.15) is 0 Å². The molecule has 0 bridgehead atoms. The zero-order valence-corrected chi connectivity index (χ0v) is 11.9. The third-order valence-electron chi connectivity index (χ3n) is 2.97. The first-order valence-electron chi connectivity index (χ1n) is 6.02. The third kappa shape index (κ3) is 2.77. The number of thiazole rings is 1. The topological polar surface area (TPSA) is 54.9 Å². The van der Waals surface area contributed by atoms with Crippen molar-refractivity contribution in [1.29, 1.82) is 0 Å². The van der Waals surface area contributed by atoms with E-state index >= 15 is 0 Å². The van der Waals surface area contributed by atoms with Gasteiger partial charge in [0, 0.05) is 23.2 Å². The molecule has 1 amide bonds. The number of carbonyl (C=O) groups excluding carboxylic acids is 1. The van der Waals surface area contributed by atoms with Crippen LogP contribution < -0.4 is 5.32 Å². The molecule has 0 saturated heterocycles. The lowest BCUT2D eigenvalue weighted by molar-refractivity contribution is 0.102. The summed E-state index contributed by atoms with van der Waals surface area (Å²) >= 11 is 7.48. The number of anilines is 1. The van der Waals surface area contributed by atoms with Crippen molar-refractivity contribution in [3.05, 3.63) is 39.6 Å². The maximum Gasteiger partial charge on any atom is 0.260 e. The Morgan fingerprint density at radius 2 is 2.32 bits per heavy atom. The second kappa shape index (κ2) is 4.90. The van der Waals surface area contributed by atoms with E-state index in [1.54, 1.807) is 6.07 Å². The number of halogens is 1. The largest absolute Gasteiger partial charge is 0.298 e. The summed E-state index contributed by atoms with van der Waals surface area (Å²) in [6, 6.07) is 1.67. The molecular formula is C13H12ClN3OS. The van der Waals surface area contributed by atoms with E-state index in [2.05, 4.69) is 15.3 Å². The first-order valence-corrected chi connectivity index (χ1v) is 7.28. The molecule has 0 spiro atoms. The summed E-state index contributed by atoms with van der Waals surface area (Å²) in [4.78, 5) is 20.6. The minimum atomic E-state index is -0.269. The van der Waals surface area contributed by atoms with Crippen molar-refractivity contribution in [2.45, 2.75) is 25.7 Å². The molecule has 0 atom stereocenters. The number of aromatic nitrogens is 2. The van der Waals surface area contributed by atoms with Crippen LogP contribution in [-0.4, -0.2) is 15.9 Å². The van der Waals surface area contributed by atoms with Crippen LogP contribution in [0.5, 0.6) is 0 Å². The molecule has 2 aromatic rings. The monoisotopic (exact) mass is 293 g/mol. The number of carbonyl (C=O) groups is 1. The highest BCUT2D eigenvalue weighted by Crippen LogP contribution is 2.40. The SMILES string of the molecule is Cc1cc(Cl)c(C(=O)Nc2nc(C3CC3)cs2)cn1. The van der Waals surface area contributed by atoms with Gasteiger partial charge in [-0.3, -0.25) is 15.1 Å². The van der Waals surface area contributed by atoms with Crippen LogP contribution >= 0.6 is 22.9 Å². The van der Waals surface area contributed by atoms with Gasteiger partial charge in [0.25, 0.3) is 5.91 Å². The molecule has 1 N–H and O–H groups in total. The van der Waals surface area contributed by atoms with E-state index in [-0.39, 0.29) is 5.91 Å². The second-order valence-corrected chi connectivity index (χ2v) is 5.88. The fourth-order valence-electron chi connectivity index (χ4n) is 1.77.